The van der Waals surface area contributed by atoms with Crippen LogP contribution in [-0.4, -0.2) is 25.6 Å². The van der Waals surface area contributed by atoms with Gasteiger partial charge in [0.05, 0.1) is 23.2 Å². The number of anilines is 1. The second-order valence-corrected chi connectivity index (χ2v) is 10.2. The Kier molecular flexibility index (Phi) is 6.45. The van der Waals surface area contributed by atoms with Gasteiger partial charge in [0.1, 0.15) is 11.3 Å². The minimum Gasteiger partial charge on any atom is -0.455 e. The molecule has 0 aliphatic heterocycles. The summed E-state index contributed by atoms with van der Waals surface area (Å²) in [5, 5.41) is 3.74. The second kappa shape index (κ2) is 9.34. The van der Waals surface area contributed by atoms with E-state index in [-0.39, 0.29) is 11.0 Å². The SMILES string of the molecule is Cc1cc([C@@H](C)Nc2ccccc2C(=O)NS(C)(=O)=O)c2oc(-c3cccnc3)c(C)c(=O)c2c1. The molecule has 0 radical (unpaired) electrons. The minimum absolute atomic E-state index is 0.129. The van der Waals surface area contributed by atoms with Crippen LogP contribution in [0.2, 0.25) is 0 Å². The maximum Gasteiger partial charge on any atom is 0.266 e. The Morgan fingerprint density at radius 2 is 1.83 bits per heavy atom. The van der Waals surface area contributed by atoms with Crippen molar-refractivity contribution in [2.24, 2.45) is 0 Å². The first kappa shape index (κ1) is 24.2. The summed E-state index contributed by atoms with van der Waals surface area (Å²) in [6.45, 7) is 5.50. The van der Waals surface area contributed by atoms with Gasteiger partial charge in [0, 0.05) is 34.8 Å². The molecule has 4 rings (SSSR count). The van der Waals surface area contributed by atoms with E-state index in [1.165, 1.54) is 6.07 Å². The molecule has 2 heterocycles. The average molecular weight is 492 g/mol. The zero-order chi connectivity index (χ0) is 25.3. The van der Waals surface area contributed by atoms with Crippen molar-refractivity contribution in [3.63, 3.8) is 0 Å². The number of benzene rings is 2. The number of carbonyl (C=O) groups is 1. The van der Waals surface area contributed by atoms with E-state index >= 15 is 0 Å². The van der Waals surface area contributed by atoms with Crippen LogP contribution in [0, 0.1) is 13.8 Å². The number of nitrogens with one attached hydrogen (secondary N) is 2. The highest BCUT2D eigenvalue weighted by Gasteiger charge is 2.21. The van der Waals surface area contributed by atoms with Crippen molar-refractivity contribution >= 4 is 32.6 Å². The van der Waals surface area contributed by atoms with Crippen molar-refractivity contribution in [2.75, 3.05) is 11.6 Å². The summed E-state index contributed by atoms with van der Waals surface area (Å²) in [7, 11) is -3.73. The van der Waals surface area contributed by atoms with Crippen molar-refractivity contribution in [2.45, 2.75) is 26.8 Å². The van der Waals surface area contributed by atoms with Crippen LogP contribution in [0.1, 0.15) is 40.0 Å². The van der Waals surface area contributed by atoms with Crippen molar-refractivity contribution < 1.29 is 17.6 Å². The molecule has 2 aromatic heterocycles. The van der Waals surface area contributed by atoms with E-state index < -0.39 is 22.0 Å². The lowest BCUT2D eigenvalue weighted by molar-refractivity contribution is 0.0982. The van der Waals surface area contributed by atoms with Crippen LogP contribution < -0.4 is 15.5 Å². The van der Waals surface area contributed by atoms with E-state index in [0.29, 0.717) is 33.5 Å². The largest absolute Gasteiger partial charge is 0.455 e. The number of hydrogen-bond acceptors (Lipinski definition) is 7. The van der Waals surface area contributed by atoms with Gasteiger partial charge in [-0.25, -0.2) is 13.1 Å². The van der Waals surface area contributed by atoms with E-state index in [1.54, 1.807) is 49.6 Å². The van der Waals surface area contributed by atoms with Gasteiger partial charge < -0.3 is 9.73 Å². The number of para-hydroxylation sites is 1. The van der Waals surface area contributed by atoms with E-state index in [9.17, 15) is 18.0 Å². The molecule has 0 spiro atoms. The second-order valence-electron chi connectivity index (χ2n) is 8.47. The van der Waals surface area contributed by atoms with E-state index in [1.807, 2.05) is 30.7 Å². The standard InChI is InChI=1S/C26H25N3O5S/c1-15-12-20(17(3)28-22-10-6-5-9-19(22)26(31)29-35(4,32)33)25-21(13-15)23(30)16(2)24(34-25)18-8-7-11-27-14-18/h5-14,17,28H,1-4H3,(H,29,31)/t17-/m1/s1. The first-order valence-corrected chi connectivity index (χ1v) is 12.8. The van der Waals surface area contributed by atoms with Gasteiger partial charge in [-0.3, -0.25) is 14.6 Å². The average Bonchev–Trinajstić information content (AvgIpc) is 2.81. The number of fused-ring (bicyclic) bond motifs is 1. The first-order valence-electron chi connectivity index (χ1n) is 10.9. The molecule has 0 bridgehead atoms. The topological polar surface area (TPSA) is 118 Å². The summed E-state index contributed by atoms with van der Waals surface area (Å²) < 4.78 is 31.4. The van der Waals surface area contributed by atoms with Crippen LogP contribution in [0.5, 0.6) is 0 Å². The van der Waals surface area contributed by atoms with E-state index in [4.69, 9.17) is 4.42 Å². The Balaban J connectivity index is 1.82. The third kappa shape index (κ3) is 5.09. The normalized spacial score (nSPS) is 12.3. The van der Waals surface area contributed by atoms with Gasteiger partial charge in [-0.05, 0) is 56.7 Å². The molecule has 2 aromatic carbocycles. The monoisotopic (exact) mass is 491 g/mol. The number of aromatic nitrogens is 1. The molecule has 0 aliphatic rings. The Bertz CT molecular complexity index is 1600. The first-order chi connectivity index (χ1) is 16.5. The number of carbonyl (C=O) groups excluding carboxylic acids is 1. The maximum absolute atomic E-state index is 13.3. The summed E-state index contributed by atoms with van der Waals surface area (Å²) in [6, 6.07) is 13.5. The van der Waals surface area contributed by atoms with Crippen LogP contribution in [0.15, 0.2) is 70.1 Å². The Labute approximate surface area is 203 Å². The number of aryl methyl sites for hydroxylation is 1. The fourth-order valence-electron chi connectivity index (χ4n) is 4.00. The third-order valence-electron chi connectivity index (χ3n) is 5.60. The molecule has 1 atom stereocenters. The zero-order valence-corrected chi connectivity index (χ0v) is 20.6. The van der Waals surface area contributed by atoms with Crippen molar-refractivity contribution in [3.05, 3.63) is 93.4 Å². The van der Waals surface area contributed by atoms with Gasteiger partial charge in [0.25, 0.3) is 5.91 Å². The molecule has 0 saturated heterocycles. The Morgan fingerprint density at radius 3 is 2.51 bits per heavy atom. The summed E-state index contributed by atoms with van der Waals surface area (Å²) in [5.74, 6) is -0.293. The molecule has 4 aromatic rings. The predicted molar refractivity (Wildman–Crippen MR) is 136 cm³/mol. The number of pyridine rings is 1. The molecule has 180 valence electrons. The molecule has 2 N–H and O–H groups in total. The molecule has 1 amide bonds. The number of nitrogens with zero attached hydrogens (tertiary/aromatic N) is 1. The van der Waals surface area contributed by atoms with Crippen molar-refractivity contribution in [1.82, 2.24) is 9.71 Å². The molecule has 8 nitrogen and oxygen atoms in total. The lowest BCUT2D eigenvalue weighted by Gasteiger charge is -2.20. The fraction of sp³-hybridized carbons (Fsp3) is 0.192. The molecule has 0 unspecified atom stereocenters. The zero-order valence-electron chi connectivity index (χ0n) is 19.7. The summed E-state index contributed by atoms with van der Waals surface area (Å²) in [5.41, 5.74) is 3.71. The third-order valence-corrected chi connectivity index (χ3v) is 6.16. The Morgan fingerprint density at radius 1 is 1.09 bits per heavy atom. The molecule has 0 aliphatic carbocycles. The minimum atomic E-state index is -3.73. The highest BCUT2D eigenvalue weighted by atomic mass is 32.2. The van der Waals surface area contributed by atoms with Gasteiger partial charge in [-0.1, -0.05) is 18.2 Å². The van der Waals surface area contributed by atoms with Crippen molar-refractivity contribution in [1.29, 1.82) is 0 Å². The van der Waals surface area contributed by atoms with Gasteiger partial charge in [0.15, 0.2) is 5.43 Å². The maximum atomic E-state index is 13.3. The van der Waals surface area contributed by atoms with Gasteiger partial charge in [0.2, 0.25) is 10.0 Å². The highest BCUT2D eigenvalue weighted by Crippen LogP contribution is 2.32. The van der Waals surface area contributed by atoms with Crippen LogP contribution in [0.3, 0.4) is 0 Å². The number of sulfonamides is 1. The van der Waals surface area contributed by atoms with Gasteiger partial charge >= 0.3 is 0 Å². The molecule has 0 fully saturated rings. The van der Waals surface area contributed by atoms with Crippen LogP contribution in [0.4, 0.5) is 5.69 Å². The molecular formula is C26H25N3O5S. The Hall–Kier alpha value is -3.98. The summed E-state index contributed by atoms with van der Waals surface area (Å²) in [6.07, 6.45) is 4.21. The summed E-state index contributed by atoms with van der Waals surface area (Å²) in [4.78, 5) is 30.0. The number of hydrogen-bond donors (Lipinski definition) is 2. The smallest absolute Gasteiger partial charge is 0.266 e. The fourth-order valence-corrected chi connectivity index (χ4v) is 4.45. The van der Waals surface area contributed by atoms with Crippen LogP contribution in [0.25, 0.3) is 22.3 Å². The van der Waals surface area contributed by atoms with Crippen LogP contribution in [-0.2, 0) is 10.0 Å². The van der Waals surface area contributed by atoms with E-state index in [0.717, 1.165) is 17.4 Å². The van der Waals surface area contributed by atoms with Crippen LogP contribution >= 0.6 is 0 Å². The lowest BCUT2D eigenvalue weighted by Crippen LogP contribution is -2.30. The molecule has 9 heteroatoms. The van der Waals surface area contributed by atoms with Gasteiger partial charge in [-0.2, -0.15) is 0 Å². The molecular weight excluding hydrogens is 466 g/mol. The summed E-state index contributed by atoms with van der Waals surface area (Å²) >= 11 is 0. The molecule has 35 heavy (non-hydrogen) atoms. The molecule has 0 saturated carbocycles. The quantitative estimate of drug-likeness (QED) is 0.412. The number of rotatable bonds is 6. The predicted octanol–water partition coefficient (Wildman–Crippen LogP) is 4.33. The number of amides is 1. The lowest BCUT2D eigenvalue weighted by atomic mass is 9.98. The van der Waals surface area contributed by atoms with Crippen molar-refractivity contribution in [3.8, 4) is 11.3 Å². The highest BCUT2D eigenvalue weighted by molar-refractivity contribution is 7.89. The van der Waals surface area contributed by atoms with E-state index in [2.05, 4.69) is 10.3 Å². The van der Waals surface area contributed by atoms with Gasteiger partial charge in [-0.15, -0.1) is 0 Å².